The van der Waals surface area contributed by atoms with E-state index in [2.05, 4.69) is 25.3 Å². The molecule has 2 aliphatic rings. The van der Waals surface area contributed by atoms with Crippen LogP contribution in [0, 0.1) is 0 Å². The smallest absolute Gasteiger partial charge is 0.451 e. The van der Waals surface area contributed by atoms with Gasteiger partial charge in [-0.3, -0.25) is 9.47 Å². The Bertz CT molecular complexity index is 1340. The highest BCUT2D eigenvalue weighted by atomic mass is 19.4. The van der Waals surface area contributed by atoms with Gasteiger partial charge in [-0.05, 0) is 20.3 Å². The molecule has 1 aliphatic carbocycles. The number of alkyl halides is 3. The average Bonchev–Trinajstić information content (AvgIpc) is 3.32. The predicted molar refractivity (Wildman–Crippen MR) is 107 cm³/mol. The summed E-state index contributed by atoms with van der Waals surface area (Å²) in [5.41, 5.74) is 5.83. The number of ether oxygens (including phenoxy) is 1. The Labute approximate surface area is 180 Å². The molecule has 0 saturated carbocycles. The molecule has 0 saturated heterocycles. The second-order valence-electron chi connectivity index (χ2n) is 8.60. The molecule has 170 valence electrons. The number of nitrogen functional groups attached to an aromatic ring is 1. The molecule has 13 heteroatoms. The van der Waals surface area contributed by atoms with Gasteiger partial charge in [0.25, 0.3) is 0 Å². The molecule has 32 heavy (non-hydrogen) atoms. The molecule has 3 aromatic rings. The van der Waals surface area contributed by atoms with E-state index in [0.717, 1.165) is 23.8 Å². The Balaban J connectivity index is 1.51. The van der Waals surface area contributed by atoms with Crippen LogP contribution in [-0.4, -0.2) is 52.9 Å². The third-order valence-electron chi connectivity index (χ3n) is 5.75. The number of aromatic nitrogens is 7. The highest BCUT2D eigenvalue weighted by molar-refractivity contribution is 5.55. The minimum atomic E-state index is -4.56. The number of anilines is 1. The van der Waals surface area contributed by atoms with Gasteiger partial charge in [-0.1, -0.05) is 6.08 Å². The molecule has 0 bridgehead atoms. The molecular formula is C19H22F3N9O. The van der Waals surface area contributed by atoms with Gasteiger partial charge in [0, 0.05) is 18.2 Å². The van der Waals surface area contributed by atoms with Crippen LogP contribution in [-0.2, 0) is 29.5 Å². The van der Waals surface area contributed by atoms with E-state index in [1.807, 2.05) is 11.0 Å². The first-order chi connectivity index (χ1) is 15.1. The predicted octanol–water partition coefficient (Wildman–Crippen LogP) is 0.397. The molecule has 5 rings (SSSR count). The maximum absolute atomic E-state index is 13.4. The van der Waals surface area contributed by atoms with Crippen LogP contribution in [0.5, 0.6) is 0 Å². The summed E-state index contributed by atoms with van der Waals surface area (Å²) in [6, 6.07) is 0. The van der Waals surface area contributed by atoms with Gasteiger partial charge in [-0.15, -0.1) is 15.3 Å². The molecule has 10 nitrogen and oxygen atoms in total. The van der Waals surface area contributed by atoms with E-state index in [9.17, 15) is 13.2 Å². The third kappa shape index (κ3) is 3.18. The molecule has 3 aromatic heterocycles. The van der Waals surface area contributed by atoms with E-state index >= 15 is 0 Å². The summed E-state index contributed by atoms with van der Waals surface area (Å²) < 4.78 is 48.2. The van der Waals surface area contributed by atoms with Gasteiger partial charge < -0.3 is 10.5 Å². The van der Waals surface area contributed by atoms with Crippen molar-refractivity contribution in [1.82, 2.24) is 39.2 Å². The molecule has 0 radical (unpaired) electrons. The molecule has 0 spiro atoms. The number of methoxy groups -OCH3 is 1. The number of halogens is 3. The van der Waals surface area contributed by atoms with E-state index < -0.39 is 17.5 Å². The average molecular weight is 449 g/mol. The summed E-state index contributed by atoms with van der Waals surface area (Å²) in [6.07, 6.45) is -1.01. The molecule has 0 unspecified atom stereocenters. The van der Waals surface area contributed by atoms with E-state index in [0.29, 0.717) is 29.9 Å². The topological polar surface area (TPSA) is 112 Å². The summed E-state index contributed by atoms with van der Waals surface area (Å²) in [4.78, 5) is 11.1. The zero-order chi connectivity index (χ0) is 22.8. The van der Waals surface area contributed by atoms with Crippen molar-refractivity contribution in [3.05, 3.63) is 28.0 Å². The first-order valence-electron chi connectivity index (χ1n) is 10.1. The fourth-order valence-corrected chi connectivity index (χ4v) is 4.57. The largest absolute Gasteiger partial charge is 0.499 e. The first-order valence-corrected chi connectivity index (χ1v) is 10.1. The lowest BCUT2D eigenvalue weighted by atomic mass is 10.0. The van der Waals surface area contributed by atoms with Crippen molar-refractivity contribution in [2.75, 3.05) is 19.4 Å². The number of nitrogens with zero attached hydrogens (tertiary/aromatic N) is 8. The maximum Gasteiger partial charge on any atom is 0.451 e. The Morgan fingerprint density at radius 3 is 2.72 bits per heavy atom. The van der Waals surface area contributed by atoms with Crippen molar-refractivity contribution in [3.63, 3.8) is 0 Å². The highest BCUT2D eigenvalue weighted by Crippen LogP contribution is 2.35. The molecule has 0 atom stereocenters. The van der Waals surface area contributed by atoms with Crippen molar-refractivity contribution in [2.24, 2.45) is 0 Å². The van der Waals surface area contributed by atoms with E-state index in [-0.39, 0.29) is 18.3 Å². The normalized spacial score (nSPS) is 18.4. The van der Waals surface area contributed by atoms with Crippen LogP contribution in [0.4, 0.5) is 19.1 Å². The molecule has 1 aliphatic heterocycles. The van der Waals surface area contributed by atoms with Gasteiger partial charge in [0.2, 0.25) is 11.8 Å². The van der Waals surface area contributed by atoms with Crippen LogP contribution in [0.15, 0.2) is 0 Å². The van der Waals surface area contributed by atoms with Gasteiger partial charge in [-0.25, -0.2) is 9.97 Å². The summed E-state index contributed by atoms with van der Waals surface area (Å²) in [5, 5.41) is 13.2. The van der Waals surface area contributed by atoms with Crippen LogP contribution >= 0.6 is 0 Å². The second kappa shape index (κ2) is 6.89. The Morgan fingerprint density at radius 1 is 1.22 bits per heavy atom. The Hall–Kier alpha value is -3.22. The molecular weight excluding hydrogens is 427 g/mol. The van der Waals surface area contributed by atoms with Crippen LogP contribution in [0.25, 0.3) is 17.5 Å². The SMILES string of the molecule is COC1=c2nc(N)n3nc(CN4Cc5nnc(C(F)(F)F)n5C(C)(C)C4)nc3c2=CCC1. The van der Waals surface area contributed by atoms with Crippen molar-refractivity contribution in [3.8, 4) is 0 Å². The van der Waals surface area contributed by atoms with Gasteiger partial charge in [0.1, 0.15) is 16.9 Å². The summed E-state index contributed by atoms with van der Waals surface area (Å²) in [6.45, 7) is 4.31. The van der Waals surface area contributed by atoms with Crippen molar-refractivity contribution >= 4 is 23.4 Å². The number of hydrogen-bond acceptors (Lipinski definition) is 8. The quantitative estimate of drug-likeness (QED) is 0.612. The molecule has 2 N–H and O–H groups in total. The van der Waals surface area contributed by atoms with E-state index in [1.54, 1.807) is 21.0 Å². The van der Waals surface area contributed by atoms with Crippen LogP contribution in [0.1, 0.15) is 44.2 Å². The van der Waals surface area contributed by atoms with Crippen molar-refractivity contribution < 1.29 is 17.9 Å². The van der Waals surface area contributed by atoms with Crippen LogP contribution in [0.2, 0.25) is 0 Å². The first kappa shape index (κ1) is 20.7. The zero-order valence-electron chi connectivity index (χ0n) is 17.8. The van der Waals surface area contributed by atoms with E-state index in [1.165, 1.54) is 9.08 Å². The summed E-state index contributed by atoms with van der Waals surface area (Å²) in [5.74, 6) is 0.706. The van der Waals surface area contributed by atoms with Crippen LogP contribution in [0.3, 0.4) is 0 Å². The summed E-state index contributed by atoms with van der Waals surface area (Å²) in [7, 11) is 1.60. The minimum absolute atomic E-state index is 0.191. The van der Waals surface area contributed by atoms with Crippen molar-refractivity contribution in [1.29, 1.82) is 0 Å². The highest BCUT2D eigenvalue weighted by Gasteiger charge is 2.44. The zero-order valence-corrected chi connectivity index (χ0v) is 17.8. The molecule has 4 heterocycles. The standard InChI is InChI=1S/C19H22F3N9O/c1-18(2)9-29(8-13-26-27-16(30(13)18)19(20,21)22)7-12-24-15-10-5-4-6-11(32-3)14(10)25-17(23)31(15)28-12/h5H,4,6-9H2,1-3H3,(H2,23,25). The minimum Gasteiger partial charge on any atom is -0.499 e. The van der Waals surface area contributed by atoms with Gasteiger partial charge >= 0.3 is 6.18 Å². The van der Waals surface area contributed by atoms with Crippen LogP contribution < -0.4 is 16.3 Å². The second-order valence-corrected chi connectivity index (χ2v) is 8.60. The fraction of sp³-hybridized carbons (Fsp3) is 0.526. The number of hydrogen-bond donors (Lipinski definition) is 1. The van der Waals surface area contributed by atoms with E-state index in [4.69, 9.17) is 10.5 Å². The third-order valence-corrected chi connectivity index (χ3v) is 5.75. The lowest BCUT2D eigenvalue weighted by molar-refractivity contribution is -0.150. The molecule has 0 amide bonds. The fourth-order valence-electron chi connectivity index (χ4n) is 4.57. The maximum atomic E-state index is 13.4. The Kier molecular flexibility index (Phi) is 4.45. The number of fused-ring (bicyclic) bond motifs is 4. The van der Waals surface area contributed by atoms with Gasteiger partial charge in [-0.2, -0.15) is 17.7 Å². The lowest BCUT2D eigenvalue weighted by Crippen LogP contribution is -2.48. The van der Waals surface area contributed by atoms with Gasteiger partial charge in [0.05, 0.1) is 25.7 Å². The molecule has 0 aromatic carbocycles. The van der Waals surface area contributed by atoms with Gasteiger partial charge in [0.15, 0.2) is 11.5 Å². The number of rotatable bonds is 3. The number of nitrogens with two attached hydrogens (primary N) is 1. The molecule has 0 fully saturated rings. The lowest BCUT2D eigenvalue weighted by Gasteiger charge is -2.39. The monoisotopic (exact) mass is 449 g/mol. The van der Waals surface area contributed by atoms with Crippen molar-refractivity contribution in [2.45, 2.75) is 51.5 Å². The Morgan fingerprint density at radius 2 is 2.00 bits per heavy atom. The summed E-state index contributed by atoms with van der Waals surface area (Å²) >= 11 is 0.